The van der Waals surface area contributed by atoms with Gasteiger partial charge in [-0.3, -0.25) is 4.79 Å². The van der Waals surface area contributed by atoms with Gasteiger partial charge in [-0.1, -0.05) is 27.7 Å². The van der Waals surface area contributed by atoms with Gasteiger partial charge in [0.05, 0.1) is 12.0 Å². The molecule has 0 radical (unpaired) electrons. The van der Waals surface area contributed by atoms with Crippen molar-refractivity contribution in [1.29, 1.82) is 0 Å². The second kappa shape index (κ2) is 7.10. The summed E-state index contributed by atoms with van der Waals surface area (Å²) >= 11 is 0. The second-order valence-electron chi connectivity index (χ2n) is 2.50. The molecule has 0 bridgehead atoms. The van der Waals surface area contributed by atoms with Gasteiger partial charge in [0.25, 0.3) is 0 Å². The van der Waals surface area contributed by atoms with Crippen LogP contribution in [0, 0.1) is 0 Å². The minimum absolute atomic E-state index is 0.153. The minimum atomic E-state index is -0.994. The molecular weight excluding hydrogens is 156 g/mol. The summed E-state index contributed by atoms with van der Waals surface area (Å²) in [7, 11) is 0. The molecule has 0 atom stereocenters. The first-order valence-electron chi connectivity index (χ1n) is 4.48. The molecule has 0 saturated heterocycles. The Labute approximate surface area is 74.4 Å². The number of rotatable bonds is 4. The summed E-state index contributed by atoms with van der Waals surface area (Å²) in [6.45, 7) is 7.57. The summed E-state index contributed by atoms with van der Waals surface area (Å²) in [5.41, 5.74) is -0.994. The Morgan fingerprint density at radius 3 is 1.67 bits per heavy atom. The highest BCUT2D eigenvalue weighted by Crippen LogP contribution is 2.18. The van der Waals surface area contributed by atoms with Crippen LogP contribution in [0.1, 0.15) is 47.0 Å². The highest BCUT2D eigenvalue weighted by Gasteiger charge is 2.25. The van der Waals surface area contributed by atoms with Gasteiger partial charge < -0.3 is 10.2 Å². The quantitative estimate of drug-likeness (QED) is 0.689. The molecule has 74 valence electrons. The van der Waals surface area contributed by atoms with Gasteiger partial charge in [-0.05, 0) is 12.8 Å². The Balaban J connectivity index is 0. The Morgan fingerprint density at radius 1 is 1.25 bits per heavy atom. The average Bonchev–Trinajstić information content (AvgIpc) is 2.07. The first-order valence-corrected chi connectivity index (χ1v) is 4.48. The van der Waals surface area contributed by atoms with Crippen LogP contribution in [-0.4, -0.2) is 21.8 Å². The molecule has 0 fully saturated rings. The summed E-state index contributed by atoms with van der Waals surface area (Å²) in [5, 5.41) is 17.8. The Kier molecular flexibility index (Phi) is 8.27. The fraction of sp³-hybridized carbons (Fsp3) is 0.889. The van der Waals surface area contributed by atoms with E-state index < -0.39 is 11.6 Å². The fourth-order valence-corrected chi connectivity index (χ4v) is 0.781. The van der Waals surface area contributed by atoms with E-state index in [2.05, 4.69) is 0 Å². The third kappa shape index (κ3) is 6.16. The van der Waals surface area contributed by atoms with E-state index in [-0.39, 0.29) is 6.42 Å². The molecule has 0 rings (SSSR count). The molecule has 0 spiro atoms. The van der Waals surface area contributed by atoms with E-state index >= 15 is 0 Å². The topological polar surface area (TPSA) is 57.5 Å². The van der Waals surface area contributed by atoms with E-state index in [1.54, 1.807) is 13.8 Å². The molecule has 0 aliphatic heterocycles. The smallest absolute Gasteiger partial charge is 0.306 e. The Hall–Kier alpha value is -0.570. The maximum atomic E-state index is 10.2. The number of carboxylic acid groups (broad SMARTS) is 1. The number of carbonyl (C=O) groups is 1. The van der Waals surface area contributed by atoms with Crippen molar-refractivity contribution >= 4 is 5.97 Å². The Bertz CT molecular complexity index is 117. The van der Waals surface area contributed by atoms with Crippen molar-refractivity contribution in [3.05, 3.63) is 0 Å². The summed E-state index contributed by atoms with van der Waals surface area (Å²) in [4.78, 5) is 10.2. The first kappa shape index (κ1) is 14.0. The summed E-state index contributed by atoms with van der Waals surface area (Å²) in [6, 6.07) is 0. The van der Waals surface area contributed by atoms with Gasteiger partial charge >= 0.3 is 5.97 Å². The summed E-state index contributed by atoms with van der Waals surface area (Å²) < 4.78 is 0. The summed E-state index contributed by atoms with van der Waals surface area (Å²) in [6.07, 6.45) is 0.839. The first-order chi connectivity index (χ1) is 5.54. The maximum absolute atomic E-state index is 10.2. The van der Waals surface area contributed by atoms with Gasteiger partial charge in [0.2, 0.25) is 0 Å². The molecule has 0 aromatic carbocycles. The molecule has 0 amide bonds. The molecular formula is C9H20O3. The largest absolute Gasteiger partial charge is 0.481 e. The van der Waals surface area contributed by atoms with Crippen LogP contribution in [0.2, 0.25) is 0 Å². The molecule has 0 heterocycles. The van der Waals surface area contributed by atoms with Crippen molar-refractivity contribution in [3.63, 3.8) is 0 Å². The van der Waals surface area contributed by atoms with Crippen LogP contribution in [0.25, 0.3) is 0 Å². The van der Waals surface area contributed by atoms with Gasteiger partial charge in [0, 0.05) is 0 Å². The van der Waals surface area contributed by atoms with Crippen molar-refractivity contribution in [3.8, 4) is 0 Å². The van der Waals surface area contributed by atoms with Crippen LogP contribution < -0.4 is 0 Å². The molecule has 0 unspecified atom stereocenters. The number of hydrogen-bond donors (Lipinski definition) is 2. The number of carboxylic acids is 1. The zero-order chi connectivity index (χ0) is 10.2. The van der Waals surface area contributed by atoms with Crippen molar-refractivity contribution in [1.82, 2.24) is 0 Å². The molecule has 3 heteroatoms. The van der Waals surface area contributed by atoms with E-state index in [1.807, 2.05) is 13.8 Å². The lowest BCUT2D eigenvalue weighted by atomic mass is 9.94. The molecule has 0 aromatic heterocycles. The fourth-order valence-electron chi connectivity index (χ4n) is 0.781. The maximum Gasteiger partial charge on any atom is 0.306 e. The van der Waals surface area contributed by atoms with Crippen LogP contribution in [-0.2, 0) is 4.79 Å². The van der Waals surface area contributed by atoms with E-state index in [1.165, 1.54) is 0 Å². The lowest BCUT2D eigenvalue weighted by molar-refractivity contribution is -0.142. The van der Waals surface area contributed by atoms with Crippen molar-refractivity contribution < 1.29 is 15.0 Å². The van der Waals surface area contributed by atoms with Gasteiger partial charge in [-0.2, -0.15) is 0 Å². The predicted molar refractivity (Wildman–Crippen MR) is 49.1 cm³/mol. The van der Waals surface area contributed by atoms with Crippen LogP contribution in [0.3, 0.4) is 0 Å². The molecule has 3 nitrogen and oxygen atoms in total. The monoisotopic (exact) mass is 176 g/mol. The number of aliphatic carboxylic acids is 1. The van der Waals surface area contributed by atoms with Crippen molar-refractivity contribution in [2.24, 2.45) is 0 Å². The van der Waals surface area contributed by atoms with Gasteiger partial charge in [-0.25, -0.2) is 0 Å². The van der Waals surface area contributed by atoms with Crippen molar-refractivity contribution in [2.45, 2.75) is 52.6 Å². The zero-order valence-electron chi connectivity index (χ0n) is 8.42. The van der Waals surface area contributed by atoms with Crippen LogP contribution in [0.5, 0.6) is 0 Å². The normalized spacial score (nSPS) is 10.1. The van der Waals surface area contributed by atoms with E-state index in [0.29, 0.717) is 12.8 Å². The second-order valence-corrected chi connectivity index (χ2v) is 2.50. The third-order valence-electron chi connectivity index (χ3n) is 1.80. The van der Waals surface area contributed by atoms with E-state index in [4.69, 9.17) is 5.11 Å². The number of aliphatic hydroxyl groups is 1. The third-order valence-corrected chi connectivity index (χ3v) is 1.80. The van der Waals surface area contributed by atoms with Gasteiger partial charge in [0.1, 0.15) is 0 Å². The SMILES string of the molecule is CC.CCC(O)(CC)CC(=O)O. The van der Waals surface area contributed by atoms with Crippen LogP contribution >= 0.6 is 0 Å². The molecule has 0 aliphatic carbocycles. The van der Waals surface area contributed by atoms with Crippen molar-refractivity contribution in [2.75, 3.05) is 0 Å². The predicted octanol–water partition coefficient (Wildman–Crippen LogP) is 2.04. The van der Waals surface area contributed by atoms with E-state index in [0.717, 1.165) is 0 Å². The average molecular weight is 176 g/mol. The lowest BCUT2D eigenvalue weighted by Gasteiger charge is -2.22. The highest BCUT2D eigenvalue weighted by atomic mass is 16.4. The Morgan fingerprint density at radius 2 is 1.58 bits per heavy atom. The molecule has 0 saturated carbocycles. The standard InChI is InChI=1S/C7H14O3.C2H6/c1-3-7(10,4-2)5-6(8)9;1-2/h10H,3-5H2,1-2H3,(H,8,9);1-2H3. The van der Waals surface area contributed by atoms with Gasteiger partial charge in [-0.15, -0.1) is 0 Å². The molecule has 0 aliphatic rings. The number of hydrogen-bond acceptors (Lipinski definition) is 2. The summed E-state index contributed by atoms with van der Waals surface area (Å²) in [5.74, 6) is -0.939. The molecule has 0 aromatic rings. The van der Waals surface area contributed by atoms with E-state index in [9.17, 15) is 9.90 Å². The minimum Gasteiger partial charge on any atom is -0.481 e. The zero-order valence-corrected chi connectivity index (χ0v) is 8.42. The van der Waals surface area contributed by atoms with Gasteiger partial charge in [0.15, 0.2) is 0 Å². The van der Waals surface area contributed by atoms with Crippen LogP contribution in [0.15, 0.2) is 0 Å². The molecule has 2 N–H and O–H groups in total. The molecule has 12 heavy (non-hydrogen) atoms. The lowest BCUT2D eigenvalue weighted by Crippen LogP contribution is -2.29. The highest BCUT2D eigenvalue weighted by molar-refractivity contribution is 5.68. The van der Waals surface area contributed by atoms with Crippen LogP contribution in [0.4, 0.5) is 0 Å².